The molecule has 0 aliphatic rings. The molecule has 0 heterocycles. The van der Waals surface area contributed by atoms with Crippen molar-refractivity contribution in [1.29, 1.82) is 0 Å². The minimum absolute atomic E-state index is 0. The summed E-state index contributed by atoms with van der Waals surface area (Å²) >= 11 is 6.11. The van der Waals surface area contributed by atoms with E-state index in [1.54, 1.807) is 0 Å². The number of benzene rings is 2. The average molecular weight is 305 g/mol. The van der Waals surface area contributed by atoms with Crippen LogP contribution >= 0.6 is 11.6 Å². The van der Waals surface area contributed by atoms with E-state index in [9.17, 15) is 0 Å². The molecule has 0 fully saturated rings. The van der Waals surface area contributed by atoms with Crippen molar-refractivity contribution >= 4 is 34.7 Å². The van der Waals surface area contributed by atoms with E-state index < -0.39 is 0 Å². The molecule has 0 unspecified atom stereocenters. The van der Waals surface area contributed by atoms with Gasteiger partial charge in [-0.3, -0.25) is 0 Å². The smallest absolute Gasteiger partial charge is 1.00 e. The second-order valence-corrected chi connectivity index (χ2v) is 4.18. The molecule has 0 amide bonds. The van der Waals surface area contributed by atoms with Crippen LogP contribution < -0.4 is 17.1 Å². The van der Waals surface area contributed by atoms with Gasteiger partial charge in [-0.1, -0.05) is 22.7 Å². The Balaban J connectivity index is 0.00000162. The molecule has 96 valence electrons. The molecule has 2 aromatic rings. The van der Waals surface area contributed by atoms with Crippen molar-refractivity contribution in [3.8, 4) is 5.75 Å². The van der Waals surface area contributed by atoms with Gasteiger partial charge in [-0.05, 0) is 25.5 Å². The van der Waals surface area contributed by atoms with Crippen molar-refractivity contribution in [2.45, 2.75) is 13.3 Å². The molecule has 0 aromatic heterocycles. The molecular formula is C15H14Cl2MgO. The van der Waals surface area contributed by atoms with E-state index in [-0.39, 0.29) is 35.5 Å². The van der Waals surface area contributed by atoms with Crippen LogP contribution in [0.4, 0.5) is 0 Å². The summed E-state index contributed by atoms with van der Waals surface area (Å²) in [7, 11) is 0. The number of hydrogen-bond acceptors (Lipinski definition) is 1. The fraction of sp³-hybridized carbons (Fsp3) is 0.200. The molecule has 0 N–H and O–H groups in total. The fourth-order valence-corrected chi connectivity index (χ4v) is 1.86. The quantitative estimate of drug-likeness (QED) is 0.598. The van der Waals surface area contributed by atoms with E-state index in [0.717, 1.165) is 22.8 Å². The van der Waals surface area contributed by atoms with Crippen molar-refractivity contribution in [1.82, 2.24) is 0 Å². The minimum atomic E-state index is 0. The van der Waals surface area contributed by atoms with Crippen LogP contribution in [0.15, 0.2) is 42.5 Å². The zero-order valence-electron chi connectivity index (χ0n) is 10.8. The van der Waals surface area contributed by atoms with Crippen molar-refractivity contribution < 1.29 is 17.1 Å². The topological polar surface area (TPSA) is 9.23 Å². The van der Waals surface area contributed by atoms with E-state index in [2.05, 4.69) is 18.2 Å². The third kappa shape index (κ3) is 5.61. The molecule has 0 radical (unpaired) electrons. The van der Waals surface area contributed by atoms with Gasteiger partial charge in [-0.15, -0.1) is 17.2 Å². The normalized spacial score (nSPS) is 9.16. The molecule has 2 rings (SSSR count). The van der Waals surface area contributed by atoms with Gasteiger partial charge in [0.15, 0.2) is 0 Å². The first kappa shape index (κ1) is 18.6. The number of halogens is 2. The van der Waals surface area contributed by atoms with Crippen LogP contribution in [0.25, 0.3) is 0 Å². The zero-order valence-corrected chi connectivity index (χ0v) is 13.8. The van der Waals surface area contributed by atoms with Crippen molar-refractivity contribution in [2.24, 2.45) is 0 Å². The summed E-state index contributed by atoms with van der Waals surface area (Å²) in [4.78, 5) is 0. The molecule has 0 bridgehead atoms. The summed E-state index contributed by atoms with van der Waals surface area (Å²) in [5, 5.41) is 0.789. The van der Waals surface area contributed by atoms with Crippen LogP contribution in [0.3, 0.4) is 0 Å². The van der Waals surface area contributed by atoms with E-state index in [0.29, 0.717) is 6.61 Å². The third-order valence-corrected chi connectivity index (χ3v) is 2.89. The molecule has 0 spiro atoms. The van der Waals surface area contributed by atoms with Crippen LogP contribution in [0.5, 0.6) is 5.75 Å². The first-order valence-corrected chi connectivity index (χ1v) is 6.03. The Morgan fingerprint density at radius 2 is 1.84 bits per heavy atom. The van der Waals surface area contributed by atoms with Crippen molar-refractivity contribution in [3.63, 3.8) is 0 Å². The predicted molar refractivity (Wildman–Crippen MR) is 76.5 cm³/mol. The Hall–Kier alpha value is -0.414. The maximum Gasteiger partial charge on any atom is 2.00 e. The SMILES string of the molecule is CCOc1ccc(Cc2c[c-]ccc2Cl)cc1.[Cl-].[Mg+2]. The Bertz CT molecular complexity index is 486. The van der Waals surface area contributed by atoms with Gasteiger partial charge in [-0.25, -0.2) is 0 Å². The van der Waals surface area contributed by atoms with E-state index in [1.807, 2.05) is 37.3 Å². The van der Waals surface area contributed by atoms with Gasteiger partial charge in [0.2, 0.25) is 0 Å². The first-order valence-electron chi connectivity index (χ1n) is 5.66. The van der Waals surface area contributed by atoms with E-state index in [1.165, 1.54) is 5.56 Å². The monoisotopic (exact) mass is 304 g/mol. The summed E-state index contributed by atoms with van der Waals surface area (Å²) in [6, 6.07) is 16.8. The number of rotatable bonds is 4. The molecule has 0 saturated carbocycles. The summed E-state index contributed by atoms with van der Waals surface area (Å²) < 4.78 is 5.40. The van der Waals surface area contributed by atoms with Gasteiger partial charge in [0.1, 0.15) is 5.75 Å². The Morgan fingerprint density at radius 1 is 1.16 bits per heavy atom. The van der Waals surface area contributed by atoms with Crippen LogP contribution in [-0.4, -0.2) is 29.7 Å². The third-order valence-electron chi connectivity index (χ3n) is 2.52. The molecule has 0 atom stereocenters. The molecular weight excluding hydrogens is 291 g/mol. The minimum Gasteiger partial charge on any atom is -1.00 e. The molecule has 0 saturated heterocycles. The fourth-order valence-electron chi connectivity index (χ4n) is 1.67. The van der Waals surface area contributed by atoms with Crippen LogP contribution in [0.2, 0.25) is 5.02 Å². The molecule has 0 aliphatic carbocycles. The molecule has 19 heavy (non-hydrogen) atoms. The van der Waals surface area contributed by atoms with Crippen LogP contribution in [-0.2, 0) is 6.42 Å². The number of ether oxygens (including phenoxy) is 1. The summed E-state index contributed by atoms with van der Waals surface area (Å²) in [5.74, 6) is 0.905. The van der Waals surface area contributed by atoms with Crippen molar-refractivity contribution in [3.05, 3.63) is 64.7 Å². The maximum absolute atomic E-state index is 6.11. The molecule has 4 heteroatoms. The van der Waals surface area contributed by atoms with Gasteiger partial charge in [-0.2, -0.15) is 24.3 Å². The Morgan fingerprint density at radius 3 is 2.42 bits per heavy atom. The van der Waals surface area contributed by atoms with Gasteiger partial charge in [0.25, 0.3) is 0 Å². The van der Waals surface area contributed by atoms with E-state index >= 15 is 0 Å². The average Bonchev–Trinajstić information content (AvgIpc) is 2.35. The predicted octanol–water partition coefficient (Wildman–Crippen LogP) is 0.753. The van der Waals surface area contributed by atoms with Gasteiger partial charge >= 0.3 is 23.1 Å². The zero-order chi connectivity index (χ0) is 12.1. The second kappa shape index (κ2) is 9.48. The standard InChI is InChI=1S/C15H14ClO.ClH.Mg/c1-2-17-14-9-7-12(8-10-14)11-13-5-3-4-6-15(13)16;;/h4-10H,2,11H2,1H3;1H;/q-1;;+2/p-1. The van der Waals surface area contributed by atoms with Gasteiger partial charge < -0.3 is 17.1 Å². The molecule has 1 nitrogen and oxygen atoms in total. The maximum atomic E-state index is 6.11. The van der Waals surface area contributed by atoms with Gasteiger partial charge in [0.05, 0.1) is 6.61 Å². The largest absolute Gasteiger partial charge is 2.00 e. The summed E-state index contributed by atoms with van der Waals surface area (Å²) in [5.41, 5.74) is 2.31. The second-order valence-electron chi connectivity index (χ2n) is 3.77. The van der Waals surface area contributed by atoms with Gasteiger partial charge in [0, 0.05) is 0 Å². The summed E-state index contributed by atoms with van der Waals surface area (Å²) in [6.07, 6.45) is 0.822. The number of hydrogen-bond donors (Lipinski definition) is 0. The Kier molecular flexibility index (Phi) is 9.28. The first-order chi connectivity index (χ1) is 8.29. The van der Waals surface area contributed by atoms with Crippen LogP contribution in [0.1, 0.15) is 18.1 Å². The Labute approximate surface area is 141 Å². The van der Waals surface area contributed by atoms with E-state index in [4.69, 9.17) is 16.3 Å². The summed E-state index contributed by atoms with van der Waals surface area (Å²) in [6.45, 7) is 2.67. The molecule has 2 aromatic carbocycles. The van der Waals surface area contributed by atoms with Crippen molar-refractivity contribution in [2.75, 3.05) is 6.61 Å². The van der Waals surface area contributed by atoms with Crippen LogP contribution in [0, 0.1) is 6.07 Å². The molecule has 0 aliphatic heterocycles.